The van der Waals surface area contributed by atoms with Crippen molar-refractivity contribution in [2.75, 3.05) is 25.1 Å². The van der Waals surface area contributed by atoms with Gasteiger partial charge >= 0.3 is 6.09 Å². The number of hydrogen-bond donors (Lipinski definition) is 2. The van der Waals surface area contributed by atoms with Gasteiger partial charge in [0.25, 0.3) is 11.8 Å². The van der Waals surface area contributed by atoms with E-state index >= 15 is 0 Å². The number of fused-ring (bicyclic) bond motifs is 2. The van der Waals surface area contributed by atoms with Crippen LogP contribution in [0, 0.1) is 0 Å². The van der Waals surface area contributed by atoms with Gasteiger partial charge in [-0.3, -0.25) is 9.59 Å². The number of nitrogens with zero attached hydrogens (tertiary/aromatic N) is 1. The maximum Gasteiger partial charge on any atom is 0.410 e. The van der Waals surface area contributed by atoms with Crippen molar-refractivity contribution in [3.05, 3.63) is 46.0 Å². The number of amides is 3. The van der Waals surface area contributed by atoms with Gasteiger partial charge in [-0.15, -0.1) is 11.3 Å². The van der Waals surface area contributed by atoms with E-state index in [-0.39, 0.29) is 24.5 Å². The lowest BCUT2D eigenvalue weighted by atomic mass is 10.0. The molecule has 168 valence electrons. The molecule has 4 rings (SSSR count). The first-order valence-electron chi connectivity index (χ1n) is 10.3. The van der Waals surface area contributed by atoms with Crippen LogP contribution >= 0.6 is 11.3 Å². The summed E-state index contributed by atoms with van der Waals surface area (Å²) in [6.45, 7) is 5.04. The molecule has 3 aromatic rings. The molecule has 0 atom stereocenters. The highest BCUT2D eigenvalue weighted by Crippen LogP contribution is 2.38. The highest BCUT2D eigenvalue weighted by atomic mass is 32.1. The number of furan rings is 1. The molecule has 0 spiro atoms. The van der Waals surface area contributed by atoms with Crippen molar-refractivity contribution in [1.82, 2.24) is 4.90 Å². The number of rotatable bonds is 6. The van der Waals surface area contributed by atoms with Crippen LogP contribution in [0.1, 0.15) is 45.2 Å². The summed E-state index contributed by atoms with van der Waals surface area (Å²) in [5.74, 6) is -0.507. The van der Waals surface area contributed by atoms with Crippen molar-refractivity contribution in [2.45, 2.75) is 26.8 Å². The van der Waals surface area contributed by atoms with E-state index in [1.54, 1.807) is 24.0 Å². The summed E-state index contributed by atoms with van der Waals surface area (Å²) in [5, 5.41) is 3.82. The second kappa shape index (κ2) is 8.91. The molecule has 3 N–H and O–H groups in total. The van der Waals surface area contributed by atoms with Gasteiger partial charge in [0.05, 0.1) is 25.3 Å². The minimum Gasteiger partial charge on any atom is -0.490 e. The molecule has 0 saturated carbocycles. The van der Waals surface area contributed by atoms with Crippen LogP contribution in [-0.4, -0.2) is 42.6 Å². The van der Waals surface area contributed by atoms with E-state index in [1.807, 2.05) is 19.1 Å². The fourth-order valence-electron chi connectivity index (χ4n) is 3.70. The topological polar surface area (TPSA) is 124 Å². The van der Waals surface area contributed by atoms with E-state index in [4.69, 9.17) is 19.6 Å². The van der Waals surface area contributed by atoms with Crippen LogP contribution in [0.4, 0.5) is 9.80 Å². The Bertz CT molecular complexity index is 1200. The molecule has 10 heteroatoms. The Balaban J connectivity index is 1.61. The highest BCUT2D eigenvalue weighted by Gasteiger charge is 2.30. The van der Waals surface area contributed by atoms with Crippen molar-refractivity contribution >= 4 is 45.2 Å². The molecule has 0 unspecified atom stereocenters. The number of carbonyl (C=O) groups excluding carboxylic acids is 3. The Morgan fingerprint density at radius 2 is 2.06 bits per heavy atom. The minimum atomic E-state index is -0.634. The van der Waals surface area contributed by atoms with Gasteiger partial charge in [-0.25, -0.2) is 4.79 Å². The van der Waals surface area contributed by atoms with E-state index in [2.05, 4.69) is 5.32 Å². The lowest BCUT2D eigenvalue weighted by molar-refractivity contribution is 0.0995. The Morgan fingerprint density at radius 1 is 1.25 bits per heavy atom. The third-order valence-corrected chi connectivity index (χ3v) is 6.22. The average Bonchev–Trinajstić information content (AvgIpc) is 3.35. The lowest BCUT2D eigenvalue weighted by Crippen LogP contribution is -2.36. The summed E-state index contributed by atoms with van der Waals surface area (Å²) in [6, 6.07) is 7.02. The van der Waals surface area contributed by atoms with Gasteiger partial charge in [-0.05, 0) is 38.0 Å². The van der Waals surface area contributed by atoms with Gasteiger partial charge in [0.2, 0.25) is 0 Å². The molecule has 1 aliphatic rings. The Hall–Kier alpha value is -3.53. The molecule has 0 bridgehead atoms. The molecule has 0 fully saturated rings. The van der Waals surface area contributed by atoms with Crippen molar-refractivity contribution in [2.24, 2.45) is 5.73 Å². The third kappa shape index (κ3) is 4.01. The highest BCUT2D eigenvalue weighted by molar-refractivity contribution is 7.17. The van der Waals surface area contributed by atoms with Gasteiger partial charge in [0.1, 0.15) is 5.00 Å². The normalized spacial score (nSPS) is 13.0. The molecular formula is C22H23N3O6S. The smallest absolute Gasteiger partial charge is 0.410 e. The second-order valence-electron chi connectivity index (χ2n) is 7.11. The van der Waals surface area contributed by atoms with E-state index in [0.29, 0.717) is 35.9 Å². The van der Waals surface area contributed by atoms with E-state index in [1.165, 1.54) is 11.3 Å². The van der Waals surface area contributed by atoms with Gasteiger partial charge in [-0.1, -0.05) is 12.1 Å². The molecule has 0 aliphatic carbocycles. The largest absolute Gasteiger partial charge is 0.490 e. The summed E-state index contributed by atoms with van der Waals surface area (Å²) >= 11 is 1.22. The zero-order valence-corrected chi connectivity index (χ0v) is 18.5. The molecule has 0 radical (unpaired) electrons. The van der Waals surface area contributed by atoms with Crippen LogP contribution < -0.4 is 15.8 Å². The Morgan fingerprint density at radius 3 is 2.78 bits per heavy atom. The molecule has 32 heavy (non-hydrogen) atoms. The van der Waals surface area contributed by atoms with Gasteiger partial charge in [0, 0.05) is 16.8 Å². The number of para-hydroxylation sites is 1. The zero-order valence-electron chi connectivity index (χ0n) is 17.7. The fourth-order valence-corrected chi connectivity index (χ4v) is 4.97. The SMILES string of the molecule is CCOC(=O)N1CCc2c(sc(NC(=O)c3cc4cccc(OCC)c4o3)c2C(N)=O)C1. The molecule has 3 heterocycles. The maximum absolute atomic E-state index is 12.9. The molecule has 1 aromatic carbocycles. The molecule has 0 saturated heterocycles. The summed E-state index contributed by atoms with van der Waals surface area (Å²) in [4.78, 5) is 39.5. The van der Waals surface area contributed by atoms with Crippen LogP contribution in [0.2, 0.25) is 0 Å². The van der Waals surface area contributed by atoms with Crippen LogP contribution in [-0.2, 0) is 17.7 Å². The first kappa shape index (κ1) is 21.7. The summed E-state index contributed by atoms with van der Waals surface area (Å²) in [6.07, 6.45) is 0.0337. The predicted molar refractivity (Wildman–Crippen MR) is 119 cm³/mol. The molecular weight excluding hydrogens is 434 g/mol. The second-order valence-corrected chi connectivity index (χ2v) is 8.22. The van der Waals surface area contributed by atoms with Gasteiger partial charge in [0.15, 0.2) is 17.1 Å². The average molecular weight is 458 g/mol. The van der Waals surface area contributed by atoms with Crippen molar-refractivity contribution < 1.29 is 28.3 Å². The molecule has 1 aliphatic heterocycles. The number of carbonyl (C=O) groups is 3. The monoisotopic (exact) mass is 457 g/mol. The predicted octanol–water partition coefficient (Wildman–Crippen LogP) is 3.76. The first-order chi connectivity index (χ1) is 15.4. The van der Waals surface area contributed by atoms with Crippen molar-refractivity contribution in [3.8, 4) is 5.75 Å². The zero-order chi connectivity index (χ0) is 22.8. The Kier molecular flexibility index (Phi) is 6.04. The Labute approximate surface area is 188 Å². The summed E-state index contributed by atoms with van der Waals surface area (Å²) in [5.41, 5.74) is 7.13. The van der Waals surface area contributed by atoms with Crippen molar-refractivity contribution in [1.29, 1.82) is 0 Å². The summed E-state index contributed by atoms with van der Waals surface area (Å²) in [7, 11) is 0. The van der Waals surface area contributed by atoms with E-state index in [0.717, 1.165) is 15.8 Å². The van der Waals surface area contributed by atoms with E-state index in [9.17, 15) is 14.4 Å². The van der Waals surface area contributed by atoms with Crippen LogP contribution in [0.25, 0.3) is 11.0 Å². The van der Waals surface area contributed by atoms with Gasteiger partial charge < -0.3 is 29.8 Å². The number of nitrogens with two attached hydrogens (primary N) is 1. The molecule has 3 amide bonds. The lowest BCUT2D eigenvalue weighted by Gasteiger charge is -2.26. The molecule has 9 nitrogen and oxygen atoms in total. The van der Waals surface area contributed by atoms with E-state index < -0.39 is 17.9 Å². The number of ether oxygens (including phenoxy) is 2. The minimum absolute atomic E-state index is 0.0853. The standard InChI is InChI=1S/C22H23N3O6S/c1-3-29-14-7-5-6-12-10-15(31-18(12)14)20(27)24-21-17(19(23)26)13-8-9-25(11-16(13)32-21)22(28)30-4-2/h5-7,10H,3-4,8-9,11H2,1-2H3,(H2,23,26)(H,24,27). The van der Waals surface area contributed by atoms with Gasteiger partial charge in [-0.2, -0.15) is 0 Å². The quantitative estimate of drug-likeness (QED) is 0.581. The maximum atomic E-state index is 12.9. The number of thiophene rings is 1. The van der Waals surface area contributed by atoms with Crippen LogP contribution in [0.5, 0.6) is 5.75 Å². The van der Waals surface area contributed by atoms with Crippen LogP contribution in [0.3, 0.4) is 0 Å². The van der Waals surface area contributed by atoms with Crippen LogP contribution in [0.15, 0.2) is 28.7 Å². The van der Waals surface area contributed by atoms with Crippen molar-refractivity contribution in [3.63, 3.8) is 0 Å². The number of nitrogens with one attached hydrogen (secondary N) is 1. The third-order valence-electron chi connectivity index (χ3n) is 5.09. The number of hydrogen-bond acceptors (Lipinski definition) is 7. The first-order valence-corrected chi connectivity index (χ1v) is 11.1. The number of anilines is 1. The number of benzene rings is 1. The number of primary amides is 1. The summed E-state index contributed by atoms with van der Waals surface area (Å²) < 4.78 is 16.4. The molecule has 2 aromatic heterocycles. The fraction of sp³-hybridized carbons (Fsp3) is 0.318.